The third kappa shape index (κ3) is 2.80. The van der Waals surface area contributed by atoms with Crippen LogP contribution >= 0.6 is 0 Å². The summed E-state index contributed by atoms with van der Waals surface area (Å²) < 4.78 is 37.9. The largest absolute Gasteiger partial charge is 0.485 e. The van der Waals surface area contributed by atoms with Crippen molar-refractivity contribution in [2.45, 2.75) is 24.9 Å². The molecule has 8 heteroatoms. The van der Waals surface area contributed by atoms with Gasteiger partial charge in [0.1, 0.15) is 6.61 Å². The summed E-state index contributed by atoms with van der Waals surface area (Å²) in [6, 6.07) is 7.41. The van der Waals surface area contributed by atoms with E-state index in [2.05, 4.69) is 15.2 Å². The predicted octanol–water partition coefficient (Wildman–Crippen LogP) is 2.55. The zero-order chi connectivity index (χ0) is 15.9. The number of aromatic nitrogens is 3. The van der Waals surface area contributed by atoms with Crippen LogP contribution < -0.4 is 14.4 Å². The highest BCUT2D eigenvalue weighted by molar-refractivity contribution is 5.41. The van der Waals surface area contributed by atoms with E-state index >= 15 is 0 Å². The smallest absolute Gasteiger partial charge is 0.251 e. The first-order valence-electron chi connectivity index (χ1n) is 7.54. The van der Waals surface area contributed by atoms with Crippen molar-refractivity contribution in [3.8, 4) is 11.5 Å². The molecule has 2 aliphatic rings. The minimum absolute atomic E-state index is 0.173. The third-order valence-corrected chi connectivity index (χ3v) is 4.08. The van der Waals surface area contributed by atoms with E-state index in [0.717, 1.165) is 0 Å². The highest BCUT2D eigenvalue weighted by Gasteiger charge is 2.35. The maximum absolute atomic E-state index is 13.2. The van der Waals surface area contributed by atoms with Gasteiger partial charge in [-0.1, -0.05) is 12.1 Å². The van der Waals surface area contributed by atoms with Gasteiger partial charge in [0.05, 0.1) is 0 Å². The van der Waals surface area contributed by atoms with Crippen molar-refractivity contribution in [3.63, 3.8) is 0 Å². The average Bonchev–Trinajstić information content (AvgIpc) is 3.04. The lowest BCUT2D eigenvalue weighted by molar-refractivity contribution is -0.0222. The van der Waals surface area contributed by atoms with E-state index < -0.39 is 12.0 Å². The SMILES string of the molecule is FC1(F)CCN(c2n[nH]c(C3COc4ccccc4O3)n2)CC1. The number of fused-ring (bicyclic) bond motifs is 1. The first-order valence-corrected chi connectivity index (χ1v) is 7.54. The van der Waals surface area contributed by atoms with Crippen LogP contribution in [0.1, 0.15) is 24.8 Å². The van der Waals surface area contributed by atoms with Crippen LogP contribution in [0.2, 0.25) is 0 Å². The Morgan fingerprint density at radius 1 is 1.17 bits per heavy atom. The number of para-hydroxylation sites is 2. The first kappa shape index (κ1) is 14.2. The molecule has 23 heavy (non-hydrogen) atoms. The van der Waals surface area contributed by atoms with Crippen LogP contribution in [0.5, 0.6) is 11.5 Å². The molecule has 1 aromatic heterocycles. The molecule has 1 fully saturated rings. The van der Waals surface area contributed by atoms with Gasteiger partial charge in [-0.25, -0.2) is 8.78 Å². The molecule has 1 aromatic carbocycles. The van der Waals surface area contributed by atoms with Gasteiger partial charge in [0.2, 0.25) is 5.95 Å². The lowest BCUT2D eigenvalue weighted by Gasteiger charge is -2.30. The number of benzene rings is 1. The van der Waals surface area contributed by atoms with Gasteiger partial charge in [-0.3, -0.25) is 5.10 Å². The van der Waals surface area contributed by atoms with E-state index in [1.807, 2.05) is 24.3 Å². The van der Waals surface area contributed by atoms with Gasteiger partial charge in [0.15, 0.2) is 23.4 Å². The minimum atomic E-state index is -2.58. The number of hydrogen-bond donors (Lipinski definition) is 1. The molecule has 0 bridgehead atoms. The lowest BCUT2D eigenvalue weighted by Crippen LogP contribution is -2.39. The second kappa shape index (κ2) is 5.36. The fourth-order valence-corrected chi connectivity index (χ4v) is 2.74. The van der Waals surface area contributed by atoms with E-state index in [1.54, 1.807) is 4.90 Å². The molecule has 2 aliphatic heterocycles. The topological polar surface area (TPSA) is 63.3 Å². The molecule has 0 aliphatic carbocycles. The molecule has 4 rings (SSSR count). The Bertz CT molecular complexity index is 696. The number of rotatable bonds is 2. The molecule has 1 saturated heterocycles. The molecule has 122 valence electrons. The number of piperidine rings is 1. The van der Waals surface area contributed by atoms with Crippen molar-refractivity contribution >= 4 is 5.95 Å². The molecule has 6 nitrogen and oxygen atoms in total. The highest BCUT2D eigenvalue weighted by Crippen LogP contribution is 2.35. The summed E-state index contributed by atoms with van der Waals surface area (Å²) in [6.07, 6.45) is -0.738. The summed E-state index contributed by atoms with van der Waals surface area (Å²) >= 11 is 0. The fraction of sp³-hybridized carbons (Fsp3) is 0.467. The van der Waals surface area contributed by atoms with Crippen molar-refractivity contribution in [3.05, 3.63) is 30.1 Å². The molecule has 0 radical (unpaired) electrons. The Morgan fingerprint density at radius 2 is 1.91 bits per heavy atom. The van der Waals surface area contributed by atoms with E-state index in [-0.39, 0.29) is 25.9 Å². The Balaban J connectivity index is 1.47. The molecule has 0 amide bonds. The van der Waals surface area contributed by atoms with Crippen LogP contribution in [0.25, 0.3) is 0 Å². The van der Waals surface area contributed by atoms with Crippen molar-refractivity contribution in [2.24, 2.45) is 0 Å². The second-order valence-electron chi connectivity index (χ2n) is 5.73. The zero-order valence-corrected chi connectivity index (χ0v) is 12.3. The molecule has 3 heterocycles. The Labute approximate surface area is 131 Å². The van der Waals surface area contributed by atoms with Crippen LogP contribution in [-0.2, 0) is 0 Å². The summed E-state index contributed by atoms with van der Waals surface area (Å²) in [5.74, 6) is -0.273. The summed E-state index contributed by atoms with van der Waals surface area (Å²) in [5.41, 5.74) is 0. The molecular formula is C15H16F2N4O2. The maximum atomic E-state index is 13.2. The number of aromatic amines is 1. The highest BCUT2D eigenvalue weighted by atomic mass is 19.3. The standard InChI is InChI=1S/C15H16F2N4O2/c16-15(17)5-7-21(8-6-15)14-18-13(19-20-14)12-9-22-10-3-1-2-4-11(10)23-12/h1-4,12H,5-9H2,(H,18,19,20). The predicted molar refractivity (Wildman–Crippen MR) is 78.1 cm³/mol. The van der Waals surface area contributed by atoms with Gasteiger partial charge >= 0.3 is 0 Å². The number of H-pyrrole nitrogens is 1. The molecule has 0 spiro atoms. The quantitative estimate of drug-likeness (QED) is 0.920. The maximum Gasteiger partial charge on any atom is 0.251 e. The zero-order valence-electron chi connectivity index (χ0n) is 12.3. The van der Waals surface area contributed by atoms with Gasteiger partial charge in [-0.15, -0.1) is 5.10 Å². The number of hydrogen-bond acceptors (Lipinski definition) is 5. The Hall–Kier alpha value is -2.38. The van der Waals surface area contributed by atoms with E-state index in [1.165, 1.54) is 0 Å². The van der Waals surface area contributed by atoms with Crippen molar-refractivity contribution in [1.82, 2.24) is 15.2 Å². The average molecular weight is 322 g/mol. The van der Waals surface area contributed by atoms with Gasteiger partial charge in [-0.2, -0.15) is 4.98 Å². The van der Waals surface area contributed by atoms with Crippen LogP contribution in [0.3, 0.4) is 0 Å². The van der Waals surface area contributed by atoms with Crippen LogP contribution in [0.15, 0.2) is 24.3 Å². The van der Waals surface area contributed by atoms with Crippen molar-refractivity contribution in [2.75, 3.05) is 24.6 Å². The third-order valence-electron chi connectivity index (χ3n) is 4.08. The van der Waals surface area contributed by atoms with E-state index in [4.69, 9.17) is 9.47 Å². The summed E-state index contributed by atoms with van der Waals surface area (Å²) in [6.45, 7) is 0.814. The molecule has 1 atom stereocenters. The fourth-order valence-electron chi connectivity index (χ4n) is 2.74. The van der Waals surface area contributed by atoms with Crippen LogP contribution in [0.4, 0.5) is 14.7 Å². The number of ether oxygens (including phenoxy) is 2. The van der Waals surface area contributed by atoms with Crippen LogP contribution in [0, 0.1) is 0 Å². The summed E-state index contributed by atoms with van der Waals surface area (Å²) in [5, 5.41) is 6.96. The molecule has 2 aromatic rings. The molecular weight excluding hydrogens is 306 g/mol. The monoisotopic (exact) mass is 322 g/mol. The van der Waals surface area contributed by atoms with Gasteiger partial charge in [-0.05, 0) is 12.1 Å². The Morgan fingerprint density at radius 3 is 2.70 bits per heavy atom. The number of alkyl halides is 2. The first-order chi connectivity index (χ1) is 11.1. The van der Waals surface area contributed by atoms with Crippen LogP contribution in [-0.4, -0.2) is 40.8 Å². The normalized spacial score (nSPS) is 22.9. The number of halogens is 2. The van der Waals surface area contributed by atoms with E-state index in [9.17, 15) is 8.78 Å². The second-order valence-corrected chi connectivity index (χ2v) is 5.73. The number of nitrogens with one attached hydrogen (secondary N) is 1. The lowest BCUT2D eigenvalue weighted by atomic mass is 10.1. The number of anilines is 1. The summed E-state index contributed by atoms with van der Waals surface area (Å²) in [4.78, 5) is 6.15. The Kier molecular flexibility index (Phi) is 3.32. The molecule has 0 saturated carbocycles. The molecule has 1 N–H and O–H groups in total. The minimum Gasteiger partial charge on any atom is -0.485 e. The van der Waals surface area contributed by atoms with Crippen molar-refractivity contribution in [1.29, 1.82) is 0 Å². The van der Waals surface area contributed by atoms with Gasteiger partial charge in [0.25, 0.3) is 5.92 Å². The van der Waals surface area contributed by atoms with Crippen molar-refractivity contribution < 1.29 is 18.3 Å². The number of nitrogens with zero attached hydrogens (tertiary/aromatic N) is 3. The van der Waals surface area contributed by atoms with Gasteiger partial charge in [0, 0.05) is 25.9 Å². The van der Waals surface area contributed by atoms with E-state index in [0.29, 0.717) is 29.9 Å². The van der Waals surface area contributed by atoms with Gasteiger partial charge < -0.3 is 14.4 Å². The molecule has 1 unspecified atom stereocenters. The summed E-state index contributed by atoms with van der Waals surface area (Å²) in [7, 11) is 0.